The fraction of sp³-hybridized carbons (Fsp3) is 0.895. The summed E-state index contributed by atoms with van der Waals surface area (Å²) in [6.45, 7) is 6.47. The van der Waals surface area contributed by atoms with E-state index in [1.165, 1.54) is 186 Å². The summed E-state index contributed by atoms with van der Waals surface area (Å²) in [7, 11) is 0. The molecule has 0 saturated carbocycles. The number of unbranched alkanes of at least 4 members (excludes halogenated alkanes) is 35. The van der Waals surface area contributed by atoms with Crippen LogP contribution in [0, 0.1) is 0 Å². The van der Waals surface area contributed by atoms with E-state index in [1.54, 1.807) is 0 Å². The predicted molar refractivity (Wildman–Crippen MR) is 273 cm³/mol. The highest BCUT2D eigenvalue weighted by Gasteiger charge is 2.24. The normalized spacial score (nSPS) is 13.3. The number of carbonyl (C=O) groups excluding carboxylic acids is 2. The van der Waals surface area contributed by atoms with Crippen LogP contribution in [0.1, 0.15) is 303 Å². The number of esters is 1. The summed E-state index contributed by atoms with van der Waals surface area (Å²) < 4.78 is 5.95. The fourth-order valence-corrected chi connectivity index (χ4v) is 8.76. The van der Waals surface area contributed by atoms with Crippen LogP contribution in [0.5, 0.6) is 0 Å². The Morgan fingerprint density at radius 3 is 1.24 bits per heavy atom. The third-order valence-corrected chi connectivity index (χ3v) is 13.0. The molecule has 3 N–H and O–H groups in total. The molecule has 6 heteroatoms. The van der Waals surface area contributed by atoms with Crippen LogP contribution in [-0.4, -0.2) is 46.9 Å². The summed E-state index contributed by atoms with van der Waals surface area (Å²) in [4.78, 5) is 26.2. The molecule has 3 atom stereocenters. The Hall–Kier alpha value is -1.66. The molecule has 6 nitrogen and oxygen atoms in total. The van der Waals surface area contributed by atoms with Gasteiger partial charge in [-0.2, -0.15) is 0 Å². The first kappa shape index (κ1) is 61.3. The Bertz CT molecular complexity index is 997. The summed E-state index contributed by atoms with van der Waals surface area (Å²) in [5.41, 5.74) is 0. The third kappa shape index (κ3) is 46.7. The Morgan fingerprint density at radius 1 is 0.460 bits per heavy atom. The summed E-state index contributed by atoms with van der Waals surface area (Å²) in [5, 5.41) is 23.8. The van der Waals surface area contributed by atoms with Gasteiger partial charge in [-0.25, -0.2) is 0 Å². The van der Waals surface area contributed by atoms with E-state index in [1.807, 2.05) is 0 Å². The van der Waals surface area contributed by atoms with Crippen molar-refractivity contribution in [3.8, 4) is 0 Å². The Kier molecular flexibility index (Phi) is 50.0. The van der Waals surface area contributed by atoms with E-state index in [2.05, 4.69) is 50.4 Å². The van der Waals surface area contributed by atoms with E-state index in [0.717, 1.165) is 70.6 Å². The Balaban J connectivity index is 4.50. The number of amides is 1. The van der Waals surface area contributed by atoms with Crippen LogP contribution in [-0.2, 0) is 14.3 Å². The second-order valence-corrected chi connectivity index (χ2v) is 19.3. The van der Waals surface area contributed by atoms with Crippen molar-refractivity contribution < 1.29 is 24.5 Å². The fourth-order valence-electron chi connectivity index (χ4n) is 8.76. The van der Waals surface area contributed by atoms with Crippen LogP contribution in [0.15, 0.2) is 24.3 Å². The molecule has 0 spiro atoms. The number of aliphatic hydroxyl groups is 2. The molecular weight excluding hydrogens is 779 g/mol. The molecule has 0 bridgehead atoms. The minimum Gasteiger partial charge on any atom is -0.462 e. The van der Waals surface area contributed by atoms with Gasteiger partial charge in [0.05, 0.1) is 25.2 Å². The lowest BCUT2D eigenvalue weighted by Gasteiger charge is -2.24. The van der Waals surface area contributed by atoms with Gasteiger partial charge in [-0.3, -0.25) is 9.59 Å². The van der Waals surface area contributed by atoms with E-state index in [-0.39, 0.29) is 24.9 Å². The van der Waals surface area contributed by atoms with Crippen molar-refractivity contribution in [1.82, 2.24) is 5.32 Å². The molecule has 3 unspecified atom stereocenters. The lowest BCUT2D eigenvalue weighted by molar-refractivity contribution is -0.151. The second kappa shape index (κ2) is 51.3. The molecule has 372 valence electrons. The lowest BCUT2D eigenvalue weighted by atomic mass is 10.0. The smallest absolute Gasteiger partial charge is 0.306 e. The van der Waals surface area contributed by atoms with E-state index < -0.39 is 18.2 Å². The highest BCUT2D eigenvalue weighted by atomic mass is 16.5. The van der Waals surface area contributed by atoms with Crippen molar-refractivity contribution >= 4 is 11.9 Å². The van der Waals surface area contributed by atoms with Crippen molar-refractivity contribution in [2.24, 2.45) is 0 Å². The Labute approximate surface area is 392 Å². The highest BCUT2D eigenvalue weighted by molar-refractivity contribution is 5.77. The van der Waals surface area contributed by atoms with E-state index in [0.29, 0.717) is 19.3 Å². The van der Waals surface area contributed by atoms with Gasteiger partial charge >= 0.3 is 5.97 Å². The van der Waals surface area contributed by atoms with Gasteiger partial charge in [0.1, 0.15) is 6.10 Å². The molecular formula is C57H109NO5. The number of hydrogen-bond donors (Lipinski definition) is 3. The topological polar surface area (TPSA) is 95.9 Å². The number of carbonyl (C=O) groups is 2. The molecule has 63 heavy (non-hydrogen) atoms. The van der Waals surface area contributed by atoms with E-state index in [9.17, 15) is 19.8 Å². The summed E-state index contributed by atoms with van der Waals surface area (Å²) in [6, 6.07) is -0.701. The van der Waals surface area contributed by atoms with Crippen LogP contribution in [0.4, 0.5) is 0 Å². The van der Waals surface area contributed by atoms with Crippen LogP contribution in [0.2, 0.25) is 0 Å². The molecule has 0 saturated heterocycles. The van der Waals surface area contributed by atoms with Gasteiger partial charge in [0.15, 0.2) is 0 Å². The molecule has 0 aliphatic heterocycles. The molecule has 0 aliphatic carbocycles. The molecule has 0 aromatic rings. The largest absolute Gasteiger partial charge is 0.462 e. The molecule has 0 rings (SSSR count). The van der Waals surface area contributed by atoms with Gasteiger partial charge in [-0.1, -0.05) is 257 Å². The van der Waals surface area contributed by atoms with E-state index in [4.69, 9.17) is 4.74 Å². The van der Waals surface area contributed by atoms with Gasteiger partial charge in [-0.15, -0.1) is 0 Å². The number of ether oxygens (including phenoxy) is 1. The average Bonchev–Trinajstić information content (AvgIpc) is 3.28. The molecule has 0 radical (unpaired) electrons. The predicted octanol–water partition coefficient (Wildman–Crippen LogP) is 17.1. The van der Waals surface area contributed by atoms with Gasteiger partial charge in [-0.05, 0) is 57.8 Å². The molecule has 1 amide bonds. The Morgan fingerprint density at radius 2 is 0.810 bits per heavy atom. The van der Waals surface area contributed by atoms with Crippen molar-refractivity contribution in [3.05, 3.63) is 24.3 Å². The van der Waals surface area contributed by atoms with Crippen molar-refractivity contribution in [3.63, 3.8) is 0 Å². The lowest BCUT2D eigenvalue weighted by Crippen LogP contribution is -2.46. The SMILES string of the molecule is CCCCC/C=C\C/C=C\CCCCCCCC(CC(=O)NC(CO)C(O)CCCCCCCCCCCC)OC(=O)CCCCCCCCCCCCCCCCCCCCC. The van der Waals surface area contributed by atoms with Crippen LogP contribution in [0.25, 0.3) is 0 Å². The van der Waals surface area contributed by atoms with Crippen molar-refractivity contribution in [2.45, 2.75) is 322 Å². The maximum Gasteiger partial charge on any atom is 0.306 e. The van der Waals surface area contributed by atoms with Crippen LogP contribution < -0.4 is 5.32 Å². The number of rotatable bonds is 51. The zero-order chi connectivity index (χ0) is 45.9. The van der Waals surface area contributed by atoms with Gasteiger partial charge in [0.25, 0.3) is 0 Å². The number of nitrogens with one attached hydrogen (secondary N) is 1. The molecule has 0 aromatic heterocycles. The first-order chi connectivity index (χ1) is 31.0. The van der Waals surface area contributed by atoms with Crippen LogP contribution >= 0.6 is 0 Å². The first-order valence-electron chi connectivity index (χ1n) is 28.1. The molecule has 0 aromatic carbocycles. The molecule has 0 aliphatic rings. The first-order valence-corrected chi connectivity index (χ1v) is 28.1. The van der Waals surface area contributed by atoms with E-state index >= 15 is 0 Å². The molecule has 0 fully saturated rings. The maximum atomic E-state index is 13.2. The van der Waals surface area contributed by atoms with Gasteiger partial charge in [0, 0.05) is 6.42 Å². The number of allylic oxidation sites excluding steroid dienone is 4. The van der Waals surface area contributed by atoms with Crippen molar-refractivity contribution in [1.29, 1.82) is 0 Å². The second-order valence-electron chi connectivity index (χ2n) is 19.3. The summed E-state index contributed by atoms with van der Waals surface area (Å²) in [5.74, 6) is -0.470. The van der Waals surface area contributed by atoms with Gasteiger partial charge < -0.3 is 20.3 Å². The van der Waals surface area contributed by atoms with Crippen LogP contribution in [0.3, 0.4) is 0 Å². The summed E-state index contributed by atoms with van der Waals surface area (Å²) in [6.07, 6.45) is 59.6. The zero-order valence-electron chi connectivity index (χ0n) is 42.5. The highest BCUT2D eigenvalue weighted by Crippen LogP contribution is 2.19. The minimum absolute atomic E-state index is 0.0737. The van der Waals surface area contributed by atoms with Gasteiger partial charge in [0.2, 0.25) is 5.91 Å². The standard InChI is InChI=1S/C57H109NO5/c1-4-7-10-13-16-19-22-24-26-27-28-29-31-33-35-38-41-44-47-50-57(62)63-53(48-45-42-39-36-34-32-30-25-23-20-17-14-11-8-5-2)51-56(61)58-54(52-59)55(60)49-46-43-40-37-21-18-15-12-9-6-3/h17,20,25,30,53-55,59-60H,4-16,18-19,21-24,26-29,31-52H2,1-3H3,(H,58,61)/b20-17-,30-25-. The maximum absolute atomic E-state index is 13.2. The number of hydrogen-bond acceptors (Lipinski definition) is 5. The number of aliphatic hydroxyl groups excluding tert-OH is 2. The third-order valence-electron chi connectivity index (χ3n) is 13.0. The average molecular weight is 889 g/mol. The summed E-state index contributed by atoms with van der Waals surface area (Å²) >= 11 is 0. The monoisotopic (exact) mass is 888 g/mol. The minimum atomic E-state index is -0.787. The zero-order valence-corrected chi connectivity index (χ0v) is 42.5. The molecule has 0 heterocycles. The quantitative estimate of drug-likeness (QED) is 0.0321. The van der Waals surface area contributed by atoms with Crippen molar-refractivity contribution in [2.75, 3.05) is 6.61 Å².